The highest BCUT2D eigenvalue weighted by molar-refractivity contribution is 5.85. The zero-order valence-corrected chi connectivity index (χ0v) is 18.9. The summed E-state index contributed by atoms with van der Waals surface area (Å²) in [6.07, 6.45) is 2.88. The lowest BCUT2D eigenvalue weighted by Crippen LogP contribution is -2.39. The molecule has 3 aromatic rings. The van der Waals surface area contributed by atoms with Crippen LogP contribution in [0.3, 0.4) is 0 Å². The van der Waals surface area contributed by atoms with Gasteiger partial charge in [-0.1, -0.05) is 48.5 Å². The lowest BCUT2D eigenvalue weighted by Gasteiger charge is -2.30. The Morgan fingerprint density at radius 3 is 2.29 bits per heavy atom. The Bertz CT molecular complexity index is 1160. The number of methoxy groups -OCH3 is 1. The van der Waals surface area contributed by atoms with E-state index in [0.29, 0.717) is 37.8 Å². The smallest absolute Gasteiger partial charge is 0.309 e. The monoisotopic (exact) mass is 458 g/mol. The van der Waals surface area contributed by atoms with Crippen LogP contribution in [0.25, 0.3) is 11.1 Å². The number of rotatable bonds is 6. The van der Waals surface area contributed by atoms with Crippen LogP contribution < -0.4 is 15.0 Å². The molecule has 8 heteroatoms. The van der Waals surface area contributed by atoms with E-state index >= 15 is 0 Å². The molecule has 2 aliphatic rings. The van der Waals surface area contributed by atoms with Gasteiger partial charge in [0.15, 0.2) is 6.61 Å². The van der Waals surface area contributed by atoms with Gasteiger partial charge in [0.2, 0.25) is 11.8 Å². The average molecular weight is 459 g/mol. The van der Waals surface area contributed by atoms with Gasteiger partial charge in [-0.05, 0) is 35.1 Å². The Hall–Kier alpha value is -3.94. The summed E-state index contributed by atoms with van der Waals surface area (Å²) in [5, 5.41) is 3.04. The molecule has 2 aromatic carbocycles. The maximum atomic E-state index is 12.7. The normalized spacial score (nSPS) is 15.4. The molecule has 174 valence electrons. The second kappa shape index (κ2) is 9.51. The molecule has 1 amide bonds. The second-order valence-electron chi connectivity index (χ2n) is 8.44. The number of esters is 1. The SMILES string of the molecule is COc1ccnc(N2CCC(C(=O)OCC(=O)NC3c4ccccc4-c4ccccc43)CC2)n1. The molecular weight excluding hydrogens is 432 g/mol. The highest BCUT2D eigenvalue weighted by Crippen LogP contribution is 2.42. The van der Waals surface area contributed by atoms with Crippen molar-refractivity contribution in [3.05, 3.63) is 71.9 Å². The molecule has 0 atom stereocenters. The summed E-state index contributed by atoms with van der Waals surface area (Å²) in [7, 11) is 1.56. The standard InChI is InChI=1S/C26H26N4O4/c1-33-23-10-13-27-26(29-23)30-14-11-17(12-15-30)25(32)34-16-22(31)28-24-20-8-4-2-6-18(20)19-7-3-5-9-21(19)24/h2-10,13,17,24H,11-12,14-16H2,1H3,(H,28,31). The first kappa shape index (κ1) is 21.9. The maximum absolute atomic E-state index is 12.7. The molecular formula is C26H26N4O4. The van der Waals surface area contributed by atoms with Crippen molar-refractivity contribution in [3.8, 4) is 17.0 Å². The van der Waals surface area contributed by atoms with Crippen molar-refractivity contribution >= 4 is 17.8 Å². The van der Waals surface area contributed by atoms with Crippen LogP contribution in [0, 0.1) is 5.92 Å². The topological polar surface area (TPSA) is 93.6 Å². The number of aromatic nitrogens is 2. The van der Waals surface area contributed by atoms with E-state index in [1.807, 2.05) is 41.3 Å². The van der Waals surface area contributed by atoms with Crippen LogP contribution in [-0.2, 0) is 14.3 Å². The summed E-state index contributed by atoms with van der Waals surface area (Å²) in [5.41, 5.74) is 4.34. The van der Waals surface area contributed by atoms with Gasteiger partial charge in [-0.25, -0.2) is 4.98 Å². The van der Waals surface area contributed by atoms with Crippen molar-refractivity contribution in [1.29, 1.82) is 0 Å². The molecule has 1 aromatic heterocycles. The summed E-state index contributed by atoms with van der Waals surface area (Å²) < 4.78 is 10.5. The molecule has 0 unspecified atom stereocenters. The Morgan fingerprint density at radius 2 is 1.65 bits per heavy atom. The van der Waals surface area contributed by atoms with Gasteiger partial charge in [0.05, 0.1) is 19.1 Å². The minimum Gasteiger partial charge on any atom is -0.481 e. The highest BCUT2D eigenvalue weighted by Gasteiger charge is 2.31. The number of nitrogens with one attached hydrogen (secondary N) is 1. The third kappa shape index (κ3) is 4.31. The largest absolute Gasteiger partial charge is 0.481 e. The van der Waals surface area contributed by atoms with E-state index in [1.54, 1.807) is 19.4 Å². The van der Waals surface area contributed by atoms with Crippen molar-refractivity contribution in [2.24, 2.45) is 5.92 Å². The van der Waals surface area contributed by atoms with E-state index in [0.717, 1.165) is 22.3 Å². The predicted octanol–water partition coefficient (Wildman–Crippen LogP) is 3.13. The van der Waals surface area contributed by atoms with Crippen LogP contribution >= 0.6 is 0 Å². The predicted molar refractivity (Wildman–Crippen MR) is 126 cm³/mol. The number of hydrogen-bond donors (Lipinski definition) is 1. The van der Waals surface area contributed by atoms with Crippen molar-refractivity contribution in [2.75, 3.05) is 31.7 Å². The summed E-state index contributed by atoms with van der Waals surface area (Å²) in [6, 6.07) is 17.5. The molecule has 5 rings (SSSR count). The zero-order valence-electron chi connectivity index (χ0n) is 18.9. The molecule has 2 heterocycles. The van der Waals surface area contributed by atoms with E-state index in [-0.39, 0.29) is 30.4 Å². The lowest BCUT2D eigenvalue weighted by molar-refractivity contribution is -0.153. The Morgan fingerprint density at radius 1 is 1.00 bits per heavy atom. The summed E-state index contributed by atoms with van der Waals surface area (Å²) >= 11 is 0. The van der Waals surface area contributed by atoms with Crippen LogP contribution in [0.15, 0.2) is 60.8 Å². The fraction of sp³-hybridized carbons (Fsp3) is 0.308. The number of anilines is 1. The van der Waals surface area contributed by atoms with E-state index in [1.165, 1.54) is 0 Å². The molecule has 1 N–H and O–H groups in total. The minimum absolute atomic E-state index is 0.246. The van der Waals surface area contributed by atoms with Gasteiger partial charge in [0.1, 0.15) is 0 Å². The summed E-state index contributed by atoms with van der Waals surface area (Å²) in [5.74, 6) is 0.191. The molecule has 1 aliphatic heterocycles. The number of carbonyl (C=O) groups is 2. The van der Waals surface area contributed by atoms with Gasteiger partial charge in [-0.15, -0.1) is 0 Å². The Kier molecular flexibility index (Phi) is 6.12. The number of fused-ring (bicyclic) bond motifs is 3. The van der Waals surface area contributed by atoms with Gasteiger partial charge in [0.25, 0.3) is 5.91 Å². The van der Waals surface area contributed by atoms with Crippen molar-refractivity contribution in [2.45, 2.75) is 18.9 Å². The Balaban J connectivity index is 1.14. The molecule has 1 aliphatic carbocycles. The zero-order chi connectivity index (χ0) is 23.5. The fourth-order valence-corrected chi connectivity index (χ4v) is 4.68. The molecule has 0 bridgehead atoms. The number of carbonyl (C=O) groups excluding carboxylic acids is 2. The van der Waals surface area contributed by atoms with Crippen LogP contribution in [0.4, 0.5) is 5.95 Å². The first-order valence-corrected chi connectivity index (χ1v) is 11.4. The quantitative estimate of drug-likeness (QED) is 0.567. The van der Waals surface area contributed by atoms with Gasteiger partial charge < -0.3 is 19.7 Å². The molecule has 1 fully saturated rings. The van der Waals surface area contributed by atoms with E-state index < -0.39 is 0 Å². The molecule has 0 radical (unpaired) electrons. The number of nitrogens with zero attached hydrogens (tertiary/aromatic N) is 3. The number of amides is 1. The van der Waals surface area contributed by atoms with Crippen molar-refractivity contribution in [1.82, 2.24) is 15.3 Å². The van der Waals surface area contributed by atoms with E-state index in [2.05, 4.69) is 27.4 Å². The number of hydrogen-bond acceptors (Lipinski definition) is 7. The van der Waals surface area contributed by atoms with Crippen LogP contribution in [0.5, 0.6) is 5.88 Å². The minimum atomic E-state index is -0.339. The first-order chi connectivity index (χ1) is 16.6. The maximum Gasteiger partial charge on any atom is 0.309 e. The van der Waals surface area contributed by atoms with Gasteiger partial charge in [0, 0.05) is 25.4 Å². The second-order valence-corrected chi connectivity index (χ2v) is 8.44. The number of benzene rings is 2. The van der Waals surface area contributed by atoms with Gasteiger partial charge >= 0.3 is 5.97 Å². The molecule has 34 heavy (non-hydrogen) atoms. The summed E-state index contributed by atoms with van der Waals surface area (Å²) in [4.78, 5) is 35.9. The summed E-state index contributed by atoms with van der Waals surface area (Å²) in [6.45, 7) is 0.975. The van der Waals surface area contributed by atoms with E-state index in [9.17, 15) is 9.59 Å². The van der Waals surface area contributed by atoms with Crippen LogP contribution in [-0.4, -0.2) is 48.7 Å². The Labute approximate surface area is 197 Å². The van der Waals surface area contributed by atoms with E-state index in [4.69, 9.17) is 9.47 Å². The first-order valence-electron chi connectivity index (χ1n) is 11.4. The third-order valence-corrected chi connectivity index (χ3v) is 6.42. The lowest BCUT2D eigenvalue weighted by atomic mass is 9.97. The fourth-order valence-electron chi connectivity index (χ4n) is 4.68. The van der Waals surface area contributed by atoms with Crippen molar-refractivity contribution in [3.63, 3.8) is 0 Å². The average Bonchev–Trinajstić information content (AvgIpc) is 3.21. The molecule has 1 saturated heterocycles. The van der Waals surface area contributed by atoms with Crippen LogP contribution in [0.1, 0.15) is 30.0 Å². The molecule has 0 saturated carbocycles. The molecule has 0 spiro atoms. The highest BCUT2D eigenvalue weighted by atomic mass is 16.5. The number of piperidine rings is 1. The van der Waals surface area contributed by atoms with Gasteiger partial charge in [-0.3, -0.25) is 9.59 Å². The number of ether oxygens (including phenoxy) is 2. The van der Waals surface area contributed by atoms with Crippen LogP contribution in [0.2, 0.25) is 0 Å². The van der Waals surface area contributed by atoms with Gasteiger partial charge in [-0.2, -0.15) is 4.98 Å². The molecule has 8 nitrogen and oxygen atoms in total. The van der Waals surface area contributed by atoms with Crippen molar-refractivity contribution < 1.29 is 19.1 Å². The third-order valence-electron chi connectivity index (χ3n) is 6.42.